The van der Waals surface area contributed by atoms with Crippen LogP contribution in [0, 0.1) is 5.82 Å². The van der Waals surface area contributed by atoms with Crippen molar-refractivity contribution in [1.82, 2.24) is 5.32 Å². The van der Waals surface area contributed by atoms with E-state index in [1.165, 1.54) is 6.07 Å². The second kappa shape index (κ2) is 3.08. The molecule has 1 aromatic carbocycles. The van der Waals surface area contributed by atoms with Crippen LogP contribution in [0.1, 0.15) is 41.3 Å². The molecule has 0 spiro atoms. The predicted octanol–water partition coefficient (Wildman–Crippen LogP) is 2.19. The lowest BCUT2D eigenvalue weighted by molar-refractivity contribution is 0.0965. The fraction of sp³-hybridized carbons (Fsp3) is 0.364. The first-order valence-electron chi connectivity index (χ1n) is 4.70. The molecule has 2 rings (SSSR count). The molecule has 0 aromatic heterocycles. The van der Waals surface area contributed by atoms with Gasteiger partial charge in [0, 0.05) is 12.1 Å². The van der Waals surface area contributed by atoms with Gasteiger partial charge in [0.15, 0.2) is 0 Å². The molecule has 1 heterocycles. The molecule has 74 valence electrons. The molecule has 0 unspecified atom stereocenters. The van der Waals surface area contributed by atoms with Gasteiger partial charge in [-0.25, -0.2) is 4.39 Å². The van der Waals surface area contributed by atoms with Gasteiger partial charge in [-0.3, -0.25) is 4.79 Å². The lowest BCUT2D eigenvalue weighted by Crippen LogP contribution is -2.12. The zero-order chi connectivity index (χ0) is 10.3. The highest BCUT2D eigenvalue weighted by Crippen LogP contribution is 2.25. The Hall–Kier alpha value is -1.38. The fourth-order valence-electron chi connectivity index (χ4n) is 1.71. The van der Waals surface area contributed by atoms with Gasteiger partial charge in [-0.05, 0) is 23.1 Å². The molecule has 14 heavy (non-hydrogen) atoms. The molecule has 1 aliphatic heterocycles. The lowest BCUT2D eigenvalue weighted by atomic mass is 9.98. The SMILES string of the molecule is CC(C)c1cc2c(cc1F)C(=O)NC2. The largest absolute Gasteiger partial charge is 0.348 e. The molecule has 0 atom stereocenters. The van der Waals surface area contributed by atoms with E-state index in [9.17, 15) is 9.18 Å². The molecular formula is C11H12FNO. The monoisotopic (exact) mass is 193 g/mol. The Morgan fingerprint density at radius 1 is 1.43 bits per heavy atom. The van der Waals surface area contributed by atoms with Gasteiger partial charge >= 0.3 is 0 Å². The van der Waals surface area contributed by atoms with Crippen molar-refractivity contribution >= 4 is 5.91 Å². The molecule has 0 radical (unpaired) electrons. The maximum atomic E-state index is 13.5. The predicted molar refractivity (Wildman–Crippen MR) is 51.7 cm³/mol. The molecule has 0 saturated heterocycles. The third kappa shape index (κ3) is 1.29. The van der Waals surface area contributed by atoms with Crippen LogP contribution in [0.15, 0.2) is 12.1 Å². The first-order chi connectivity index (χ1) is 6.59. The van der Waals surface area contributed by atoms with Crippen molar-refractivity contribution in [1.29, 1.82) is 0 Å². The maximum absolute atomic E-state index is 13.5. The van der Waals surface area contributed by atoms with Gasteiger partial charge in [0.1, 0.15) is 5.82 Å². The van der Waals surface area contributed by atoms with Crippen molar-refractivity contribution < 1.29 is 9.18 Å². The van der Waals surface area contributed by atoms with Crippen molar-refractivity contribution in [2.75, 3.05) is 0 Å². The van der Waals surface area contributed by atoms with Crippen LogP contribution < -0.4 is 5.32 Å². The van der Waals surface area contributed by atoms with E-state index in [1.54, 1.807) is 6.07 Å². The van der Waals surface area contributed by atoms with E-state index in [0.29, 0.717) is 17.7 Å². The number of halogens is 1. The number of hydrogen-bond donors (Lipinski definition) is 1. The Balaban J connectivity index is 2.55. The lowest BCUT2D eigenvalue weighted by Gasteiger charge is -2.08. The van der Waals surface area contributed by atoms with Crippen LogP contribution in [0.5, 0.6) is 0 Å². The number of carbonyl (C=O) groups excluding carboxylic acids is 1. The Kier molecular flexibility index (Phi) is 2.02. The van der Waals surface area contributed by atoms with Crippen LogP contribution in [0.4, 0.5) is 4.39 Å². The van der Waals surface area contributed by atoms with Crippen molar-refractivity contribution in [3.05, 3.63) is 34.6 Å². The minimum absolute atomic E-state index is 0.149. The number of hydrogen-bond acceptors (Lipinski definition) is 1. The second-order valence-corrected chi connectivity index (χ2v) is 3.87. The molecule has 3 heteroatoms. The average Bonchev–Trinajstić information content (AvgIpc) is 2.46. The minimum Gasteiger partial charge on any atom is -0.348 e. The number of benzene rings is 1. The Morgan fingerprint density at radius 3 is 2.79 bits per heavy atom. The third-order valence-electron chi connectivity index (χ3n) is 2.53. The Bertz CT molecular complexity index is 399. The maximum Gasteiger partial charge on any atom is 0.252 e. The standard InChI is InChI=1S/C11H12FNO/c1-6(2)8-3-7-5-13-11(14)9(7)4-10(8)12/h3-4,6H,5H2,1-2H3,(H,13,14). The van der Waals surface area contributed by atoms with E-state index in [4.69, 9.17) is 0 Å². The summed E-state index contributed by atoms with van der Waals surface area (Å²) in [6.45, 7) is 4.40. The quantitative estimate of drug-likeness (QED) is 0.727. The summed E-state index contributed by atoms with van der Waals surface area (Å²) in [5.74, 6) is -0.305. The van der Waals surface area contributed by atoms with E-state index in [2.05, 4.69) is 5.32 Å². The number of fused-ring (bicyclic) bond motifs is 1. The molecule has 2 nitrogen and oxygen atoms in total. The van der Waals surface area contributed by atoms with Gasteiger partial charge in [0.25, 0.3) is 5.91 Å². The molecule has 1 N–H and O–H groups in total. The summed E-state index contributed by atoms with van der Waals surface area (Å²) in [7, 11) is 0. The van der Waals surface area contributed by atoms with Gasteiger partial charge in [-0.2, -0.15) is 0 Å². The molecular weight excluding hydrogens is 181 g/mol. The number of amides is 1. The Labute approximate surface area is 82.1 Å². The van der Waals surface area contributed by atoms with Crippen molar-refractivity contribution in [3.63, 3.8) is 0 Å². The average molecular weight is 193 g/mol. The molecule has 1 aromatic rings. The minimum atomic E-state index is -0.282. The van der Waals surface area contributed by atoms with Crippen LogP contribution >= 0.6 is 0 Å². The fourth-order valence-corrected chi connectivity index (χ4v) is 1.71. The molecule has 1 amide bonds. The number of rotatable bonds is 1. The molecule has 0 fully saturated rings. The van der Waals surface area contributed by atoms with E-state index in [1.807, 2.05) is 13.8 Å². The van der Waals surface area contributed by atoms with Crippen LogP contribution in [0.25, 0.3) is 0 Å². The van der Waals surface area contributed by atoms with Gasteiger partial charge < -0.3 is 5.32 Å². The van der Waals surface area contributed by atoms with Crippen LogP contribution in [0.2, 0.25) is 0 Å². The van der Waals surface area contributed by atoms with Gasteiger partial charge in [-0.1, -0.05) is 19.9 Å². The van der Waals surface area contributed by atoms with Crippen LogP contribution in [-0.2, 0) is 6.54 Å². The normalized spacial score (nSPS) is 14.4. The van der Waals surface area contributed by atoms with Crippen LogP contribution in [0.3, 0.4) is 0 Å². The number of nitrogens with one attached hydrogen (secondary N) is 1. The molecule has 0 aliphatic carbocycles. The topological polar surface area (TPSA) is 29.1 Å². The van der Waals surface area contributed by atoms with E-state index < -0.39 is 0 Å². The Morgan fingerprint density at radius 2 is 2.14 bits per heavy atom. The first kappa shape index (κ1) is 9.19. The van der Waals surface area contributed by atoms with Gasteiger partial charge in [0.2, 0.25) is 0 Å². The molecule has 1 aliphatic rings. The van der Waals surface area contributed by atoms with E-state index >= 15 is 0 Å². The van der Waals surface area contributed by atoms with Crippen molar-refractivity contribution in [2.24, 2.45) is 0 Å². The van der Waals surface area contributed by atoms with Gasteiger partial charge in [-0.15, -0.1) is 0 Å². The second-order valence-electron chi connectivity index (χ2n) is 3.87. The molecule has 0 saturated carbocycles. The highest BCUT2D eigenvalue weighted by molar-refractivity contribution is 5.98. The first-order valence-corrected chi connectivity index (χ1v) is 4.70. The summed E-state index contributed by atoms with van der Waals surface area (Å²) >= 11 is 0. The van der Waals surface area contributed by atoms with E-state index in [0.717, 1.165) is 5.56 Å². The summed E-state index contributed by atoms with van der Waals surface area (Å²) in [5.41, 5.74) is 2.06. The van der Waals surface area contributed by atoms with Crippen LogP contribution in [-0.4, -0.2) is 5.91 Å². The summed E-state index contributed by atoms with van der Waals surface area (Å²) in [6.07, 6.45) is 0. The van der Waals surface area contributed by atoms with Crippen molar-refractivity contribution in [3.8, 4) is 0 Å². The highest BCUT2D eigenvalue weighted by Gasteiger charge is 2.21. The summed E-state index contributed by atoms with van der Waals surface area (Å²) in [6, 6.07) is 3.13. The summed E-state index contributed by atoms with van der Waals surface area (Å²) in [5, 5.41) is 2.67. The molecule has 0 bridgehead atoms. The summed E-state index contributed by atoms with van der Waals surface area (Å²) < 4.78 is 13.5. The highest BCUT2D eigenvalue weighted by atomic mass is 19.1. The smallest absolute Gasteiger partial charge is 0.252 e. The third-order valence-corrected chi connectivity index (χ3v) is 2.53. The zero-order valence-electron chi connectivity index (χ0n) is 8.23. The number of carbonyl (C=O) groups is 1. The van der Waals surface area contributed by atoms with E-state index in [-0.39, 0.29) is 17.6 Å². The van der Waals surface area contributed by atoms with Gasteiger partial charge in [0.05, 0.1) is 0 Å². The zero-order valence-corrected chi connectivity index (χ0v) is 8.23. The van der Waals surface area contributed by atoms with Crippen molar-refractivity contribution in [2.45, 2.75) is 26.3 Å². The summed E-state index contributed by atoms with van der Waals surface area (Å²) in [4.78, 5) is 11.2.